The van der Waals surface area contributed by atoms with Crippen LogP contribution in [0.3, 0.4) is 0 Å². The molecule has 1 aromatic heterocycles. The van der Waals surface area contributed by atoms with Gasteiger partial charge < -0.3 is 4.52 Å². The van der Waals surface area contributed by atoms with Crippen LogP contribution >= 0.6 is 23.2 Å². The Balaban J connectivity index is 2.61. The Labute approximate surface area is 85.4 Å². The Morgan fingerprint density at radius 1 is 1.38 bits per heavy atom. The van der Waals surface area contributed by atoms with E-state index in [1.807, 2.05) is 12.1 Å². The van der Waals surface area contributed by atoms with Gasteiger partial charge in [-0.05, 0) is 12.1 Å². The largest absolute Gasteiger partial charge is 0.354 e. The number of fused-ring (bicyclic) bond motifs is 1. The highest BCUT2D eigenvalue weighted by Crippen LogP contribution is 2.25. The molecule has 0 atom stereocenters. The van der Waals surface area contributed by atoms with Crippen molar-refractivity contribution in [3.05, 3.63) is 28.9 Å². The second kappa shape index (κ2) is 3.56. The summed E-state index contributed by atoms with van der Waals surface area (Å²) in [7, 11) is 0. The first kappa shape index (κ1) is 8.85. The Kier molecular flexibility index (Phi) is 2.42. The van der Waals surface area contributed by atoms with Crippen molar-refractivity contribution in [2.24, 2.45) is 0 Å². The van der Waals surface area contributed by atoms with Gasteiger partial charge in [0.05, 0.1) is 10.7 Å². The van der Waals surface area contributed by atoms with Gasteiger partial charge in [-0.2, -0.15) is 0 Å². The molecule has 4 heteroatoms. The summed E-state index contributed by atoms with van der Waals surface area (Å²) in [6.45, 7) is 0. The number of nitrogens with zero attached hydrogens (tertiary/aromatic N) is 1. The van der Waals surface area contributed by atoms with E-state index in [1.54, 1.807) is 6.07 Å². The fourth-order valence-corrected chi connectivity index (χ4v) is 1.64. The molecule has 0 spiro atoms. The molecule has 2 nitrogen and oxygen atoms in total. The van der Waals surface area contributed by atoms with Gasteiger partial charge in [0, 0.05) is 17.7 Å². The van der Waals surface area contributed by atoms with Gasteiger partial charge in [-0.3, -0.25) is 0 Å². The molecular weight excluding hydrogens is 209 g/mol. The predicted octanol–water partition coefficient (Wildman–Crippen LogP) is 3.26. The Hall–Kier alpha value is -0.730. The first-order valence-corrected chi connectivity index (χ1v) is 4.83. The summed E-state index contributed by atoms with van der Waals surface area (Å²) < 4.78 is 5.09. The molecule has 1 heterocycles. The summed E-state index contributed by atoms with van der Waals surface area (Å²) in [6.07, 6.45) is 0.703. The van der Waals surface area contributed by atoms with E-state index in [0.717, 1.165) is 11.1 Å². The maximum Gasteiger partial charge on any atom is 0.185 e. The van der Waals surface area contributed by atoms with Crippen LogP contribution in [0.1, 0.15) is 5.69 Å². The lowest BCUT2D eigenvalue weighted by Gasteiger charge is -1.91. The molecule has 0 aliphatic carbocycles. The minimum atomic E-state index is 0.536. The summed E-state index contributed by atoms with van der Waals surface area (Å²) in [5, 5.41) is 5.44. The molecule has 2 aromatic rings. The summed E-state index contributed by atoms with van der Waals surface area (Å²) in [5.41, 5.74) is 1.51. The van der Waals surface area contributed by atoms with E-state index in [4.69, 9.17) is 27.7 Å². The van der Waals surface area contributed by atoms with Crippen LogP contribution in [0.2, 0.25) is 5.02 Å². The summed E-state index contributed by atoms with van der Waals surface area (Å²) in [4.78, 5) is 0. The SMILES string of the molecule is ClCCc1noc2c(Cl)cccc12. The summed E-state index contributed by atoms with van der Waals surface area (Å²) >= 11 is 11.5. The van der Waals surface area contributed by atoms with Crippen molar-refractivity contribution in [1.29, 1.82) is 0 Å². The zero-order valence-electron chi connectivity index (χ0n) is 6.76. The molecule has 0 bridgehead atoms. The van der Waals surface area contributed by atoms with Crippen LogP contribution in [0.5, 0.6) is 0 Å². The maximum absolute atomic E-state index is 5.90. The number of benzene rings is 1. The summed E-state index contributed by atoms with van der Waals surface area (Å²) in [6, 6.07) is 5.58. The lowest BCUT2D eigenvalue weighted by molar-refractivity contribution is 0.447. The number of hydrogen-bond donors (Lipinski definition) is 0. The first-order chi connectivity index (χ1) is 6.33. The van der Waals surface area contributed by atoms with E-state index in [0.29, 0.717) is 22.9 Å². The zero-order valence-corrected chi connectivity index (χ0v) is 8.27. The highest BCUT2D eigenvalue weighted by Gasteiger charge is 2.09. The standard InChI is InChI=1S/C9H7Cl2NO/c10-5-4-8-6-2-1-3-7(11)9(6)13-12-8/h1-3H,4-5H2. The number of para-hydroxylation sites is 1. The molecule has 0 saturated carbocycles. The van der Waals surface area contributed by atoms with Gasteiger partial charge in [-0.25, -0.2) is 0 Å². The van der Waals surface area contributed by atoms with Crippen molar-refractivity contribution in [3.8, 4) is 0 Å². The van der Waals surface area contributed by atoms with Crippen LogP contribution in [0.4, 0.5) is 0 Å². The average molecular weight is 216 g/mol. The summed E-state index contributed by atoms with van der Waals surface area (Å²) in [5.74, 6) is 0.536. The minimum absolute atomic E-state index is 0.536. The van der Waals surface area contributed by atoms with Crippen molar-refractivity contribution >= 4 is 34.2 Å². The van der Waals surface area contributed by atoms with Crippen LogP contribution in [0, 0.1) is 0 Å². The molecular formula is C9H7Cl2NO. The number of alkyl halides is 1. The molecule has 2 rings (SSSR count). The van der Waals surface area contributed by atoms with E-state index in [1.165, 1.54) is 0 Å². The van der Waals surface area contributed by atoms with E-state index < -0.39 is 0 Å². The van der Waals surface area contributed by atoms with E-state index in [9.17, 15) is 0 Å². The van der Waals surface area contributed by atoms with Gasteiger partial charge >= 0.3 is 0 Å². The monoisotopic (exact) mass is 215 g/mol. The zero-order chi connectivity index (χ0) is 9.26. The number of halogens is 2. The highest BCUT2D eigenvalue weighted by atomic mass is 35.5. The van der Waals surface area contributed by atoms with E-state index in [2.05, 4.69) is 5.16 Å². The normalized spacial score (nSPS) is 10.9. The van der Waals surface area contributed by atoms with Gasteiger partial charge in [0.1, 0.15) is 0 Å². The lowest BCUT2D eigenvalue weighted by atomic mass is 10.2. The van der Waals surface area contributed by atoms with Gasteiger partial charge in [0.25, 0.3) is 0 Å². The van der Waals surface area contributed by atoms with Crippen LogP contribution in [-0.4, -0.2) is 11.0 Å². The van der Waals surface area contributed by atoms with Crippen LogP contribution in [-0.2, 0) is 6.42 Å². The number of rotatable bonds is 2. The Morgan fingerprint density at radius 2 is 2.23 bits per heavy atom. The third-order valence-electron chi connectivity index (χ3n) is 1.86. The Bertz CT molecular complexity index is 424. The molecule has 0 N–H and O–H groups in total. The Morgan fingerprint density at radius 3 is 3.00 bits per heavy atom. The minimum Gasteiger partial charge on any atom is -0.354 e. The van der Waals surface area contributed by atoms with Crippen molar-refractivity contribution in [3.63, 3.8) is 0 Å². The maximum atomic E-state index is 5.90. The molecule has 1 aromatic carbocycles. The lowest BCUT2D eigenvalue weighted by Crippen LogP contribution is -1.85. The first-order valence-electron chi connectivity index (χ1n) is 3.91. The third-order valence-corrected chi connectivity index (χ3v) is 2.34. The third kappa shape index (κ3) is 1.52. The van der Waals surface area contributed by atoms with Crippen LogP contribution in [0.25, 0.3) is 11.0 Å². The molecule has 0 aliphatic heterocycles. The fourth-order valence-electron chi connectivity index (χ4n) is 1.25. The number of aryl methyl sites for hydroxylation is 1. The van der Waals surface area contributed by atoms with Crippen molar-refractivity contribution < 1.29 is 4.52 Å². The van der Waals surface area contributed by atoms with Gasteiger partial charge in [0.2, 0.25) is 0 Å². The van der Waals surface area contributed by atoms with Crippen molar-refractivity contribution in [1.82, 2.24) is 5.16 Å². The quantitative estimate of drug-likeness (QED) is 0.720. The average Bonchev–Trinajstić information content (AvgIpc) is 2.51. The number of hydrogen-bond acceptors (Lipinski definition) is 2. The molecule has 0 saturated heterocycles. The fraction of sp³-hybridized carbons (Fsp3) is 0.222. The van der Waals surface area contributed by atoms with E-state index >= 15 is 0 Å². The topological polar surface area (TPSA) is 26.0 Å². The van der Waals surface area contributed by atoms with Crippen LogP contribution in [0.15, 0.2) is 22.7 Å². The van der Waals surface area contributed by atoms with Crippen molar-refractivity contribution in [2.45, 2.75) is 6.42 Å². The van der Waals surface area contributed by atoms with Crippen LogP contribution < -0.4 is 0 Å². The smallest absolute Gasteiger partial charge is 0.185 e. The van der Waals surface area contributed by atoms with Gasteiger partial charge in [-0.15, -0.1) is 11.6 Å². The molecule has 0 aliphatic rings. The van der Waals surface area contributed by atoms with Gasteiger partial charge in [0.15, 0.2) is 5.58 Å². The highest BCUT2D eigenvalue weighted by molar-refractivity contribution is 6.34. The molecule has 68 valence electrons. The molecule has 0 unspecified atom stereocenters. The molecule has 0 radical (unpaired) electrons. The van der Waals surface area contributed by atoms with E-state index in [-0.39, 0.29) is 0 Å². The van der Waals surface area contributed by atoms with Gasteiger partial charge in [-0.1, -0.05) is 22.8 Å². The second-order valence-electron chi connectivity index (χ2n) is 2.68. The molecule has 13 heavy (non-hydrogen) atoms. The predicted molar refractivity (Wildman–Crippen MR) is 53.4 cm³/mol. The molecule has 0 fully saturated rings. The number of aromatic nitrogens is 1. The van der Waals surface area contributed by atoms with Crippen molar-refractivity contribution in [2.75, 3.05) is 5.88 Å². The molecule has 0 amide bonds. The second-order valence-corrected chi connectivity index (χ2v) is 3.47.